The number of allylic oxidation sites excluding steroid dienone is 2. The van der Waals surface area contributed by atoms with Crippen LogP contribution in [-0.4, -0.2) is 15.6 Å². The summed E-state index contributed by atoms with van der Waals surface area (Å²) < 4.78 is 1.94. The molecule has 0 fully saturated rings. The van der Waals surface area contributed by atoms with Crippen molar-refractivity contribution in [3.8, 4) is 0 Å². The van der Waals surface area contributed by atoms with Gasteiger partial charge in [-0.2, -0.15) is 0 Å². The molecule has 0 amide bonds. The molecule has 0 bridgehead atoms. The minimum atomic E-state index is 0.846. The molecule has 70 valence electrons. The van der Waals surface area contributed by atoms with Crippen molar-refractivity contribution < 1.29 is 0 Å². The Morgan fingerprint density at radius 1 is 1.43 bits per heavy atom. The third kappa shape index (κ3) is 1.57. The summed E-state index contributed by atoms with van der Waals surface area (Å²) in [6.45, 7) is 1.96. The number of aromatic nitrogens is 2. The van der Waals surface area contributed by atoms with Crippen LogP contribution in [0.2, 0.25) is 0 Å². The molecule has 0 aliphatic heterocycles. The Balaban J connectivity index is 2.43. The lowest BCUT2D eigenvalue weighted by Crippen LogP contribution is -1.81. The topological polar surface area (TPSA) is 29.7 Å². The summed E-state index contributed by atoms with van der Waals surface area (Å²) in [6.07, 6.45) is 9.30. The van der Waals surface area contributed by atoms with Crippen LogP contribution in [0.5, 0.6) is 0 Å². The Hall–Kier alpha value is -1.90. The van der Waals surface area contributed by atoms with E-state index >= 15 is 0 Å². The molecule has 2 aromatic heterocycles. The summed E-state index contributed by atoms with van der Waals surface area (Å²) in [6, 6.07) is 5.87. The first-order valence-electron chi connectivity index (χ1n) is 4.49. The molecule has 0 atom stereocenters. The molecule has 0 aliphatic carbocycles. The Kier molecular flexibility index (Phi) is 2.40. The number of aliphatic imine (C=N–C) groups is 1. The van der Waals surface area contributed by atoms with E-state index in [0.29, 0.717) is 0 Å². The number of hydrogen-bond acceptors (Lipinski definition) is 2. The highest BCUT2D eigenvalue weighted by Crippen LogP contribution is 2.13. The Morgan fingerprint density at radius 2 is 2.36 bits per heavy atom. The van der Waals surface area contributed by atoms with Crippen LogP contribution in [0.15, 0.2) is 47.7 Å². The van der Waals surface area contributed by atoms with Gasteiger partial charge in [0.25, 0.3) is 0 Å². The van der Waals surface area contributed by atoms with Gasteiger partial charge in [-0.25, -0.2) is 9.98 Å². The number of fused-ring (bicyclic) bond motifs is 1. The van der Waals surface area contributed by atoms with Crippen molar-refractivity contribution in [3.63, 3.8) is 0 Å². The van der Waals surface area contributed by atoms with Crippen molar-refractivity contribution in [2.45, 2.75) is 6.92 Å². The average molecular weight is 185 g/mol. The van der Waals surface area contributed by atoms with Crippen LogP contribution in [0, 0.1) is 0 Å². The standard InChI is InChI=1S/C11H11N3/c1-2-3-7-12-11-9-13-10-6-4-5-8-14(10)11/h2-9H,1H3/b3-2-,12-7?. The summed E-state index contributed by atoms with van der Waals surface area (Å²) in [5.41, 5.74) is 0.917. The zero-order valence-corrected chi connectivity index (χ0v) is 7.96. The van der Waals surface area contributed by atoms with Gasteiger partial charge in [0.15, 0.2) is 5.82 Å². The van der Waals surface area contributed by atoms with Gasteiger partial charge in [0.2, 0.25) is 0 Å². The van der Waals surface area contributed by atoms with E-state index in [9.17, 15) is 0 Å². The van der Waals surface area contributed by atoms with Gasteiger partial charge < -0.3 is 0 Å². The second-order valence-electron chi connectivity index (χ2n) is 2.85. The number of hydrogen-bond donors (Lipinski definition) is 0. The molecule has 0 radical (unpaired) electrons. The van der Waals surface area contributed by atoms with Crippen molar-refractivity contribution in [1.82, 2.24) is 9.38 Å². The molecule has 2 heterocycles. The minimum Gasteiger partial charge on any atom is -0.285 e. The molecule has 2 aromatic rings. The molecule has 2 rings (SSSR count). The third-order valence-electron chi connectivity index (χ3n) is 1.88. The first-order valence-corrected chi connectivity index (χ1v) is 4.49. The van der Waals surface area contributed by atoms with Crippen LogP contribution in [-0.2, 0) is 0 Å². The maximum Gasteiger partial charge on any atom is 0.156 e. The molecular weight excluding hydrogens is 174 g/mol. The SMILES string of the molecule is C/C=C\C=Nc1cnc2ccccn12. The van der Waals surface area contributed by atoms with E-state index in [-0.39, 0.29) is 0 Å². The van der Waals surface area contributed by atoms with Gasteiger partial charge in [-0.15, -0.1) is 0 Å². The van der Waals surface area contributed by atoms with Gasteiger partial charge in [0.1, 0.15) is 5.65 Å². The number of rotatable bonds is 2. The molecule has 0 spiro atoms. The van der Waals surface area contributed by atoms with Gasteiger partial charge in [0.05, 0.1) is 6.20 Å². The van der Waals surface area contributed by atoms with E-state index in [2.05, 4.69) is 9.98 Å². The second-order valence-corrected chi connectivity index (χ2v) is 2.85. The van der Waals surface area contributed by atoms with Crippen LogP contribution in [0.3, 0.4) is 0 Å². The second kappa shape index (κ2) is 3.87. The van der Waals surface area contributed by atoms with E-state index < -0.39 is 0 Å². The minimum absolute atomic E-state index is 0.846. The predicted octanol–water partition coefficient (Wildman–Crippen LogP) is 2.61. The normalized spacial score (nSPS) is 12.1. The molecular formula is C11H11N3. The number of pyridine rings is 1. The molecule has 3 heteroatoms. The van der Waals surface area contributed by atoms with Crippen LogP contribution in [0.25, 0.3) is 5.65 Å². The van der Waals surface area contributed by atoms with E-state index in [4.69, 9.17) is 0 Å². The quantitative estimate of drug-likeness (QED) is 0.661. The molecule has 0 saturated heterocycles. The van der Waals surface area contributed by atoms with E-state index in [0.717, 1.165) is 11.5 Å². The monoisotopic (exact) mass is 185 g/mol. The molecule has 0 unspecified atom stereocenters. The predicted molar refractivity (Wildman–Crippen MR) is 58.2 cm³/mol. The maximum absolute atomic E-state index is 4.27. The lowest BCUT2D eigenvalue weighted by molar-refractivity contribution is 1.17. The van der Waals surface area contributed by atoms with Crippen molar-refractivity contribution in [2.75, 3.05) is 0 Å². The highest BCUT2D eigenvalue weighted by atomic mass is 15.1. The molecule has 14 heavy (non-hydrogen) atoms. The van der Waals surface area contributed by atoms with Gasteiger partial charge in [-0.05, 0) is 25.1 Å². The van der Waals surface area contributed by atoms with Crippen molar-refractivity contribution in [1.29, 1.82) is 0 Å². The summed E-state index contributed by atoms with van der Waals surface area (Å²) >= 11 is 0. The van der Waals surface area contributed by atoms with Crippen molar-refractivity contribution in [2.24, 2.45) is 4.99 Å². The maximum atomic E-state index is 4.27. The zero-order valence-electron chi connectivity index (χ0n) is 7.96. The average Bonchev–Trinajstić information content (AvgIpc) is 2.63. The van der Waals surface area contributed by atoms with Crippen LogP contribution >= 0.6 is 0 Å². The van der Waals surface area contributed by atoms with Crippen LogP contribution in [0.1, 0.15) is 6.92 Å². The molecule has 0 aliphatic rings. The van der Waals surface area contributed by atoms with E-state index in [1.807, 2.05) is 47.9 Å². The molecule has 0 saturated carbocycles. The summed E-state index contributed by atoms with van der Waals surface area (Å²) in [5, 5.41) is 0. The third-order valence-corrected chi connectivity index (χ3v) is 1.88. The van der Waals surface area contributed by atoms with E-state index in [1.165, 1.54) is 0 Å². The van der Waals surface area contributed by atoms with Crippen molar-refractivity contribution in [3.05, 3.63) is 42.7 Å². The Morgan fingerprint density at radius 3 is 3.21 bits per heavy atom. The summed E-state index contributed by atoms with van der Waals surface area (Å²) in [5.74, 6) is 0.846. The fourth-order valence-corrected chi connectivity index (χ4v) is 1.22. The van der Waals surface area contributed by atoms with Gasteiger partial charge in [-0.1, -0.05) is 12.1 Å². The van der Waals surface area contributed by atoms with Gasteiger partial charge in [0, 0.05) is 12.4 Å². The smallest absolute Gasteiger partial charge is 0.156 e. The van der Waals surface area contributed by atoms with Crippen molar-refractivity contribution >= 4 is 17.7 Å². The van der Waals surface area contributed by atoms with E-state index in [1.54, 1.807) is 12.4 Å². The van der Waals surface area contributed by atoms with Gasteiger partial charge in [-0.3, -0.25) is 4.40 Å². The fourth-order valence-electron chi connectivity index (χ4n) is 1.22. The number of nitrogens with zero attached hydrogens (tertiary/aromatic N) is 3. The van der Waals surface area contributed by atoms with Crippen LogP contribution in [0.4, 0.5) is 5.82 Å². The lowest BCUT2D eigenvalue weighted by Gasteiger charge is -1.93. The lowest BCUT2D eigenvalue weighted by atomic mass is 10.5. The Bertz CT molecular complexity index is 480. The van der Waals surface area contributed by atoms with Gasteiger partial charge >= 0.3 is 0 Å². The molecule has 0 aromatic carbocycles. The zero-order chi connectivity index (χ0) is 9.80. The fraction of sp³-hybridized carbons (Fsp3) is 0.0909. The molecule has 3 nitrogen and oxygen atoms in total. The summed E-state index contributed by atoms with van der Waals surface area (Å²) in [7, 11) is 0. The highest BCUT2D eigenvalue weighted by molar-refractivity contribution is 5.74. The highest BCUT2D eigenvalue weighted by Gasteiger charge is 1.97. The summed E-state index contributed by atoms with van der Waals surface area (Å²) in [4.78, 5) is 8.50. The largest absolute Gasteiger partial charge is 0.285 e. The first-order chi connectivity index (χ1) is 6.92. The number of imidazole rings is 1. The van der Waals surface area contributed by atoms with Crippen LogP contribution < -0.4 is 0 Å². The molecule has 0 N–H and O–H groups in total. The Labute approximate surface area is 82.4 Å². The first kappa shape index (κ1) is 8.69.